The molecule has 28 heavy (non-hydrogen) atoms. The molecule has 1 aromatic heterocycles. The van der Waals surface area contributed by atoms with E-state index in [2.05, 4.69) is 16.4 Å². The molecule has 146 valence electrons. The van der Waals surface area contributed by atoms with Crippen LogP contribution in [0.2, 0.25) is 0 Å². The third kappa shape index (κ3) is 6.07. The van der Waals surface area contributed by atoms with E-state index in [9.17, 15) is 9.59 Å². The van der Waals surface area contributed by atoms with Gasteiger partial charge in [-0.3, -0.25) is 9.59 Å². The van der Waals surface area contributed by atoms with Crippen molar-refractivity contribution in [1.29, 1.82) is 0 Å². The molecule has 0 spiro atoms. The van der Waals surface area contributed by atoms with Gasteiger partial charge in [-0.25, -0.2) is 4.98 Å². The smallest absolute Gasteiger partial charge is 0.306 e. The van der Waals surface area contributed by atoms with E-state index < -0.39 is 0 Å². The third-order valence-electron chi connectivity index (χ3n) is 4.07. The SMILES string of the molecule is CC(NC(=O)COC(=O)CCCSc1nc2ccccc2s1)c1ccccc1. The second-order valence-electron chi connectivity index (χ2n) is 6.26. The largest absolute Gasteiger partial charge is 0.456 e. The van der Waals surface area contributed by atoms with E-state index in [1.165, 1.54) is 4.70 Å². The number of fused-ring (bicyclic) bond motifs is 1. The molecule has 2 aromatic carbocycles. The number of nitrogens with one attached hydrogen (secondary N) is 1. The Labute approximate surface area is 172 Å². The van der Waals surface area contributed by atoms with Gasteiger partial charge in [0, 0.05) is 12.2 Å². The number of para-hydroxylation sites is 1. The van der Waals surface area contributed by atoms with Gasteiger partial charge in [0.25, 0.3) is 5.91 Å². The van der Waals surface area contributed by atoms with Crippen molar-refractivity contribution in [3.05, 3.63) is 60.2 Å². The van der Waals surface area contributed by atoms with Crippen LogP contribution in [0.25, 0.3) is 10.2 Å². The zero-order chi connectivity index (χ0) is 19.8. The summed E-state index contributed by atoms with van der Waals surface area (Å²) in [6.07, 6.45) is 0.973. The summed E-state index contributed by atoms with van der Waals surface area (Å²) in [5.74, 6) is 0.132. The molecule has 1 amide bonds. The number of thiazole rings is 1. The van der Waals surface area contributed by atoms with Crippen LogP contribution in [0.3, 0.4) is 0 Å². The van der Waals surface area contributed by atoms with Gasteiger partial charge in [0.1, 0.15) is 0 Å². The van der Waals surface area contributed by atoms with Crippen molar-refractivity contribution < 1.29 is 14.3 Å². The number of rotatable bonds is 9. The van der Waals surface area contributed by atoms with Crippen LogP contribution in [0.5, 0.6) is 0 Å². The van der Waals surface area contributed by atoms with Crippen molar-refractivity contribution in [1.82, 2.24) is 10.3 Å². The fraction of sp³-hybridized carbons (Fsp3) is 0.286. The van der Waals surface area contributed by atoms with E-state index in [1.807, 2.05) is 55.5 Å². The molecule has 0 fully saturated rings. The summed E-state index contributed by atoms with van der Waals surface area (Å²) in [6, 6.07) is 17.6. The van der Waals surface area contributed by atoms with Crippen molar-refractivity contribution in [3.8, 4) is 0 Å². The van der Waals surface area contributed by atoms with Crippen LogP contribution >= 0.6 is 23.1 Å². The molecule has 0 aliphatic rings. The highest BCUT2D eigenvalue weighted by atomic mass is 32.2. The molecule has 1 heterocycles. The Morgan fingerprint density at radius 3 is 2.68 bits per heavy atom. The van der Waals surface area contributed by atoms with Crippen LogP contribution in [-0.4, -0.2) is 29.2 Å². The number of hydrogen-bond acceptors (Lipinski definition) is 6. The van der Waals surface area contributed by atoms with Crippen LogP contribution in [0.1, 0.15) is 31.4 Å². The monoisotopic (exact) mass is 414 g/mol. The summed E-state index contributed by atoms with van der Waals surface area (Å²) in [5.41, 5.74) is 2.01. The molecule has 5 nitrogen and oxygen atoms in total. The molecular formula is C21H22N2O3S2. The van der Waals surface area contributed by atoms with Crippen molar-refractivity contribution in [2.24, 2.45) is 0 Å². The first-order chi connectivity index (χ1) is 13.6. The lowest BCUT2D eigenvalue weighted by atomic mass is 10.1. The summed E-state index contributed by atoms with van der Waals surface area (Å²) < 4.78 is 7.24. The highest BCUT2D eigenvalue weighted by Crippen LogP contribution is 2.29. The highest BCUT2D eigenvalue weighted by Gasteiger charge is 2.12. The topological polar surface area (TPSA) is 68.3 Å². The van der Waals surface area contributed by atoms with Crippen LogP contribution in [0.4, 0.5) is 0 Å². The van der Waals surface area contributed by atoms with Gasteiger partial charge in [-0.2, -0.15) is 0 Å². The zero-order valence-electron chi connectivity index (χ0n) is 15.6. The average Bonchev–Trinajstić information content (AvgIpc) is 3.13. The molecular weight excluding hydrogens is 392 g/mol. The minimum absolute atomic E-state index is 0.127. The van der Waals surface area contributed by atoms with Crippen LogP contribution in [0, 0.1) is 0 Å². The molecule has 1 atom stereocenters. The van der Waals surface area contributed by atoms with E-state index in [4.69, 9.17) is 4.74 Å². The van der Waals surface area contributed by atoms with Gasteiger partial charge in [-0.05, 0) is 31.0 Å². The van der Waals surface area contributed by atoms with E-state index >= 15 is 0 Å². The van der Waals surface area contributed by atoms with Crippen LogP contribution in [-0.2, 0) is 14.3 Å². The summed E-state index contributed by atoms with van der Waals surface area (Å²) in [5, 5.41) is 2.83. The number of aromatic nitrogens is 1. The highest BCUT2D eigenvalue weighted by molar-refractivity contribution is 8.01. The molecule has 3 aromatic rings. The second kappa shape index (κ2) is 10.2. The minimum Gasteiger partial charge on any atom is -0.456 e. The third-order valence-corrected chi connectivity index (χ3v) is 6.33. The number of amides is 1. The Bertz CT molecular complexity index is 895. The lowest BCUT2D eigenvalue weighted by Crippen LogP contribution is -2.31. The Morgan fingerprint density at radius 1 is 1.14 bits per heavy atom. The maximum Gasteiger partial charge on any atom is 0.306 e. The van der Waals surface area contributed by atoms with Crippen molar-refractivity contribution in [2.45, 2.75) is 30.1 Å². The van der Waals surface area contributed by atoms with Gasteiger partial charge >= 0.3 is 5.97 Å². The summed E-state index contributed by atoms with van der Waals surface area (Å²) in [7, 11) is 0. The quantitative estimate of drug-likeness (QED) is 0.315. The lowest BCUT2D eigenvalue weighted by molar-refractivity contribution is -0.148. The lowest BCUT2D eigenvalue weighted by Gasteiger charge is -2.14. The number of benzene rings is 2. The predicted octanol–water partition coefficient (Wildman–Crippen LogP) is 4.59. The molecule has 7 heteroatoms. The Morgan fingerprint density at radius 2 is 1.89 bits per heavy atom. The minimum atomic E-state index is -0.354. The molecule has 0 saturated carbocycles. The van der Waals surface area contributed by atoms with Crippen molar-refractivity contribution in [3.63, 3.8) is 0 Å². The van der Waals surface area contributed by atoms with Gasteiger partial charge in [0.05, 0.1) is 16.3 Å². The number of ether oxygens (including phenoxy) is 1. The summed E-state index contributed by atoms with van der Waals surface area (Å²) in [6.45, 7) is 1.65. The van der Waals surface area contributed by atoms with Gasteiger partial charge in [0.2, 0.25) is 0 Å². The molecule has 0 radical (unpaired) electrons. The van der Waals surface area contributed by atoms with E-state index in [1.54, 1.807) is 23.1 Å². The second-order valence-corrected chi connectivity index (χ2v) is 8.63. The number of esters is 1. The zero-order valence-corrected chi connectivity index (χ0v) is 17.2. The normalized spacial score (nSPS) is 11.9. The van der Waals surface area contributed by atoms with Crippen LogP contribution in [0.15, 0.2) is 58.9 Å². The summed E-state index contributed by atoms with van der Waals surface area (Å²) in [4.78, 5) is 28.3. The predicted molar refractivity (Wildman–Crippen MR) is 114 cm³/mol. The molecule has 0 aliphatic heterocycles. The number of hydrogen-bond donors (Lipinski definition) is 1. The molecule has 0 saturated heterocycles. The summed E-state index contributed by atoms with van der Waals surface area (Å²) >= 11 is 3.30. The van der Waals surface area contributed by atoms with Crippen LogP contribution < -0.4 is 5.32 Å². The van der Waals surface area contributed by atoms with Gasteiger partial charge < -0.3 is 10.1 Å². The molecule has 1 unspecified atom stereocenters. The number of carbonyl (C=O) groups excluding carboxylic acids is 2. The van der Waals surface area contributed by atoms with E-state index in [0.717, 1.165) is 21.2 Å². The number of nitrogens with zero attached hydrogens (tertiary/aromatic N) is 1. The molecule has 0 aliphatic carbocycles. The molecule has 1 N–H and O–H groups in total. The van der Waals surface area contributed by atoms with E-state index in [0.29, 0.717) is 12.8 Å². The Balaban J connectivity index is 1.31. The van der Waals surface area contributed by atoms with E-state index in [-0.39, 0.29) is 24.5 Å². The average molecular weight is 415 g/mol. The molecule has 3 rings (SSSR count). The maximum atomic E-state index is 11.9. The molecule has 0 bridgehead atoms. The first-order valence-electron chi connectivity index (χ1n) is 9.10. The van der Waals surface area contributed by atoms with Gasteiger partial charge in [-0.15, -0.1) is 11.3 Å². The first kappa shape index (κ1) is 20.4. The Hall–Kier alpha value is -2.38. The van der Waals surface area contributed by atoms with Gasteiger partial charge in [-0.1, -0.05) is 54.2 Å². The number of thioether (sulfide) groups is 1. The van der Waals surface area contributed by atoms with Crippen molar-refractivity contribution in [2.75, 3.05) is 12.4 Å². The number of carbonyl (C=O) groups is 2. The maximum absolute atomic E-state index is 11.9. The fourth-order valence-electron chi connectivity index (χ4n) is 2.62. The van der Waals surface area contributed by atoms with Gasteiger partial charge in [0.15, 0.2) is 10.9 Å². The van der Waals surface area contributed by atoms with Crippen molar-refractivity contribution >= 4 is 45.2 Å². The standard InChI is InChI=1S/C21H22N2O3S2/c1-15(16-8-3-2-4-9-16)22-19(24)14-26-20(25)12-7-13-27-21-23-17-10-5-6-11-18(17)28-21/h2-6,8-11,15H,7,12-14H2,1H3,(H,22,24). The fourth-order valence-corrected chi connectivity index (χ4v) is 4.69. The first-order valence-corrected chi connectivity index (χ1v) is 10.9. The Kier molecular flexibility index (Phi) is 7.45.